The van der Waals surface area contributed by atoms with E-state index in [0.29, 0.717) is 19.6 Å². The largest absolute Gasteiger partial charge is 0.465 e. The second-order valence-corrected chi connectivity index (χ2v) is 8.28. The van der Waals surface area contributed by atoms with Crippen LogP contribution in [0.25, 0.3) is 0 Å². The maximum absolute atomic E-state index is 13.2. The molecule has 0 aliphatic carbocycles. The van der Waals surface area contributed by atoms with Gasteiger partial charge in [-0.1, -0.05) is 26.0 Å². The summed E-state index contributed by atoms with van der Waals surface area (Å²) in [5, 5.41) is 0. The highest BCUT2D eigenvalue weighted by Gasteiger charge is 2.46. The van der Waals surface area contributed by atoms with Crippen LogP contribution in [0.4, 0.5) is 10.5 Å². The van der Waals surface area contributed by atoms with Crippen molar-refractivity contribution in [3.05, 3.63) is 29.8 Å². The fourth-order valence-electron chi connectivity index (χ4n) is 3.17. The van der Waals surface area contributed by atoms with Gasteiger partial charge in [-0.3, -0.25) is 4.79 Å². The second-order valence-electron chi connectivity index (χ2n) is 8.28. The number of esters is 1. The summed E-state index contributed by atoms with van der Waals surface area (Å²) in [5.74, 6) is -0.746. The molecule has 0 N–H and O–H groups in total. The van der Waals surface area contributed by atoms with Gasteiger partial charge in [-0.2, -0.15) is 0 Å². The minimum absolute atomic E-state index is 0.183. The summed E-state index contributed by atoms with van der Waals surface area (Å²) in [6.07, 6.45) is 0.394. The number of methoxy groups -OCH3 is 1. The number of anilines is 1. The van der Waals surface area contributed by atoms with Crippen LogP contribution in [0.15, 0.2) is 24.3 Å². The van der Waals surface area contributed by atoms with Gasteiger partial charge in [0, 0.05) is 19.6 Å². The fraction of sp³-hybridized carbons (Fsp3) is 0.571. The van der Waals surface area contributed by atoms with Gasteiger partial charge in [0.25, 0.3) is 5.91 Å². The quantitative estimate of drug-likeness (QED) is 0.526. The molecule has 1 heterocycles. The zero-order chi connectivity index (χ0) is 21.1. The summed E-state index contributed by atoms with van der Waals surface area (Å²) in [4.78, 5) is 41.1. The number of nitrogens with zero attached hydrogens (tertiary/aromatic N) is 2. The highest BCUT2D eigenvalue weighted by atomic mass is 16.5. The van der Waals surface area contributed by atoms with Gasteiger partial charge in [0.05, 0.1) is 24.0 Å². The minimum atomic E-state index is -0.622. The molecule has 0 bridgehead atoms. The molecule has 7 nitrogen and oxygen atoms in total. The lowest BCUT2D eigenvalue weighted by atomic mass is 10.1. The van der Waals surface area contributed by atoms with Gasteiger partial charge in [-0.25, -0.2) is 14.5 Å². The fourth-order valence-corrected chi connectivity index (χ4v) is 3.17. The summed E-state index contributed by atoms with van der Waals surface area (Å²) in [6, 6.07) is 5.44. The molecule has 0 saturated carbocycles. The van der Waals surface area contributed by atoms with Crippen molar-refractivity contribution in [3.63, 3.8) is 0 Å². The smallest absolute Gasteiger partial charge is 0.339 e. The number of carbonyl (C=O) groups is 3. The minimum Gasteiger partial charge on any atom is -0.465 e. The number of hydrogen-bond donors (Lipinski definition) is 0. The van der Waals surface area contributed by atoms with Crippen LogP contribution in [0, 0.1) is 5.92 Å². The maximum atomic E-state index is 13.2. The lowest BCUT2D eigenvalue weighted by molar-refractivity contribution is -0.120. The molecule has 7 heteroatoms. The highest BCUT2D eigenvalue weighted by Crippen LogP contribution is 2.30. The van der Waals surface area contributed by atoms with Crippen LogP contribution in [0.3, 0.4) is 0 Å². The number of para-hydroxylation sites is 1. The number of amides is 3. The summed E-state index contributed by atoms with van der Waals surface area (Å²) in [6.45, 7) is 10.6. The molecular weight excluding hydrogens is 360 g/mol. The third kappa shape index (κ3) is 4.90. The van der Waals surface area contributed by atoms with Crippen molar-refractivity contribution >= 4 is 23.6 Å². The number of imide groups is 1. The Hall–Kier alpha value is -2.41. The molecule has 2 rings (SSSR count). The van der Waals surface area contributed by atoms with Crippen molar-refractivity contribution < 1.29 is 23.9 Å². The van der Waals surface area contributed by atoms with E-state index < -0.39 is 18.0 Å². The van der Waals surface area contributed by atoms with E-state index in [1.165, 1.54) is 7.11 Å². The van der Waals surface area contributed by atoms with Crippen molar-refractivity contribution in [1.82, 2.24) is 4.90 Å². The Labute approximate surface area is 166 Å². The van der Waals surface area contributed by atoms with Crippen LogP contribution in [0.1, 0.15) is 51.4 Å². The Morgan fingerprint density at radius 3 is 2.39 bits per heavy atom. The molecule has 1 aromatic rings. The van der Waals surface area contributed by atoms with Gasteiger partial charge in [-0.15, -0.1) is 0 Å². The lowest BCUT2D eigenvalue weighted by Gasteiger charge is -2.25. The van der Waals surface area contributed by atoms with Gasteiger partial charge in [0.15, 0.2) is 0 Å². The predicted molar refractivity (Wildman–Crippen MR) is 106 cm³/mol. The van der Waals surface area contributed by atoms with Gasteiger partial charge in [-0.05, 0) is 38.8 Å². The first-order valence-corrected chi connectivity index (χ1v) is 9.52. The van der Waals surface area contributed by atoms with E-state index in [0.717, 1.165) is 4.90 Å². The molecule has 0 unspecified atom stereocenters. The first-order chi connectivity index (χ1) is 13.1. The number of carbonyl (C=O) groups excluding carboxylic acids is 3. The van der Waals surface area contributed by atoms with Crippen molar-refractivity contribution in [2.45, 2.75) is 52.7 Å². The number of hydrogen-bond acceptors (Lipinski definition) is 5. The van der Waals surface area contributed by atoms with Crippen molar-refractivity contribution in [2.75, 3.05) is 25.2 Å². The van der Waals surface area contributed by atoms with Crippen LogP contribution in [-0.2, 0) is 14.3 Å². The van der Waals surface area contributed by atoms with Gasteiger partial charge in [0.1, 0.15) is 6.04 Å². The molecule has 1 aliphatic heterocycles. The molecule has 154 valence electrons. The lowest BCUT2D eigenvalue weighted by Crippen LogP contribution is -2.39. The SMILES string of the molecule is COC(=O)c1ccccc1N1C(=O)[C@H](CCOC(C)(C)C)N(CC(C)C)C1=O. The number of rotatable bonds is 7. The topological polar surface area (TPSA) is 76.2 Å². The van der Waals surface area contributed by atoms with Crippen molar-refractivity contribution in [3.8, 4) is 0 Å². The van der Waals surface area contributed by atoms with Gasteiger partial charge < -0.3 is 14.4 Å². The third-order valence-corrected chi connectivity index (χ3v) is 4.36. The first-order valence-electron chi connectivity index (χ1n) is 9.52. The Kier molecular flexibility index (Phi) is 6.82. The third-order valence-electron chi connectivity index (χ3n) is 4.36. The van der Waals surface area contributed by atoms with Crippen LogP contribution in [0.2, 0.25) is 0 Å². The zero-order valence-electron chi connectivity index (χ0n) is 17.5. The molecule has 0 radical (unpaired) electrons. The van der Waals surface area contributed by atoms with E-state index in [9.17, 15) is 14.4 Å². The summed E-state index contributed by atoms with van der Waals surface area (Å²) >= 11 is 0. The monoisotopic (exact) mass is 390 g/mol. The van der Waals surface area contributed by atoms with Crippen LogP contribution >= 0.6 is 0 Å². The molecular formula is C21H30N2O5. The van der Waals surface area contributed by atoms with E-state index >= 15 is 0 Å². The van der Waals surface area contributed by atoms with E-state index in [1.807, 2.05) is 34.6 Å². The van der Waals surface area contributed by atoms with E-state index in [2.05, 4.69) is 0 Å². The van der Waals surface area contributed by atoms with E-state index in [-0.39, 0.29) is 28.7 Å². The maximum Gasteiger partial charge on any atom is 0.339 e. The van der Waals surface area contributed by atoms with Gasteiger partial charge >= 0.3 is 12.0 Å². The molecule has 1 atom stereocenters. The Morgan fingerprint density at radius 2 is 1.82 bits per heavy atom. The average Bonchev–Trinajstić information content (AvgIpc) is 2.83. The second kappa shape index (κ2) is 8.73. The first kappa shape index (κ1) is 21.9. The summed E-state index contributed by atoms with van der Waals surface area (Å²) < 4.78 is 10.6. The normalized spacial score (nSPS) is 17.6. The zero-order valence-corrected chi connectivity index (χ0v) is 17.5. The van der Waals surface area contributed by atoms with Crippen molar-refractivity contribution in [2.24, 2.45) is 5.92 Å². The molecule has 0 spiro atoms. The molecule has 0 aromatic heterocycles. The predicted octanol–water partition coefficient (Wildman–Crippen LogP) is 3.47. The molecule has 1 aliphatic rings. The van der Waals surface area contributed by atoms with Crippen LogP contribution < -0.4 is 4.90 Å². The summed E-state index contributed by atoms with van der Waals surface area (Å²) in [7, 11) is 1.27. The molecule has 28 heavy (non-hydrogen) atoms. The van der Waals surface area contributed by atoms with E-state index in [4.69, 9.17) is 9.47 Å². The Morgan fingerprint density at radius 1 is 1.18 bits per heavy atom. The van der Waals surface area contributed by atoms with Crippen molar-refractivity contribution in [1.29, 1.82) is 0 Å². The Balaban J connectivity index is 2.35. The number of benzene rings is 1. The van der Waals surface area contributed by atoms with Crippen LogP contribution in [0.5, 0.6) is 0 Å². The van der Waals surface area contributed by atoms with Crippen LogP contribution in [-0.4, -0.2) is 54.7 Å². The molecule has 1 aromatic carbocycles. The molecule has 1 saturated heterocycles. The average molecular weight is 390 g/mol. The molecule has 3 amide bonds. The standard InChI is InChI=1S/C21H30N2O5/c1-14(2)13-22-17(11-12-28-21(3,4)5)18(24)23(20(22)26)16-10-8-7-9-15(16)19(25)27-6/h7-10,14,17H,11-13H2,1-6H3/t17-/m0/s1. The van der Waals surface area contributed by atoms with Gasteiger partial charge in [0.2, 0.25) is 0 Å². The Bertz CT molecular complexity index is 739. The number of urea groups is 1. The molecule has 1 fully saturated rings. The highest BCUT2D eigenvalue weighted by molar-refractivity contribution is 6.23. The van der Waals surface area contributed by atoms with E-state index in [1.54, 1.807) is 29.2 Å². The number of ether oxygens (including phenoxy) is 2. The summed E-state index contributed by atoms with van der Waals surface area (Å²) in [5.41, 5.74) is 0.103.